The zero-order valence-electron chi connectivity index (χ0n) is 17.5. The standard InChI is InChI=1S/C22H19ClN2O7S/c1-2-29-16-5-12(3-4-15(16)30-10-20(24)26)6-19-21(27)25(22(28)33-19)9-13-7-17-18(8-14(13)23)32-11-31-17/h3-8H,2,9-11H2,1H3,(H2,24,26)/b19-6-. The molecular weight excluding hydrogens is 472 g/mol. The molecule has 11 heteroatoms. The minimum absolute atomic E-state index is 0.00156. The van der Waals surface area contributed by atoms with Gasteiger partial charge in [0, 0.05) is 11.1 Å². The molecule has 1 fully saturated rings. The summed E-state index contributed by atoms with van der Waals surface area (Å²) in [6.45, 7) is 1.97. The Kier molecular flexibility index (Phi) is 6.66. The van der Waals surface area contributed by atoms with Gasteiger partial charge in [-0.15, -0.1) is 0 Å². The molecule has 2 aliphatic heterocycles. The molecule has 2 aromatic rings. The molecule has 3 amide bonds. The number of carbonyl (C=O) groups excluding carboxylic acids is 3. The van der Waals surface area contributed by atoms with Crippen LogP contribution in [0.15, 0.2) is 35.2 Å². The number of amides is 3. The van der Waals surface area contributed by atoms with E-state index < -0.39 is 17.1 Å². The van der Waals surface area contributed by atoms with Gasteiger partial charge in [0.2, 0.25) is 6.79 Å². The summed E-state index contributed by atoms with van der Waals surface area (Å²) in [4.78, 5) is 37.8. The third kappa shape index (κ3) is 5.01. The van der Waals surface area contributed by atoms with E-state index in [0.717, 1.165) is 16.7 Å². The van der Waals surface area contributed by atoms with Gasteiger partial charge >= 0.3 is 0 Å². The van der Waals surface area contributed by atoms with Crippen molar-refractivity contribution in [3.05, 3.63) is 51.4 Å². The monoisotopic (exact) mass is 490 g/mol. The van der Waals surface area contributed by atoms with Crippen molar-refractivity contribution in [2.75, 3.05) is 20.0 Å². The molecule has 0 saturated carbocycles. The van der Waals surface area contributed by atoms with E-state index in [2.05, 4.69) is 0 Å². The van der Waals surface area contributed by atoms with Crippen LogP contribution in [0.25, 0.3) is 6.08 Å². The molecule has 2 heterocycles. The lowest BCUT2D eigenvalue weighted by Crippen LogP contribution is -2.27. The number of nitrogens with zero attached hydrogens (tertiary/aromatic N) is 1. The van der Waals surface area contributed by atoms with E-state index in [9.17, 15) is 14.4 Å². The van der Waals surface area contributed by atoms with Crippen molar-refractivity contribution in [2.24, 2.45) is 5.73 Å². The maximum Gasteiger partial charge on any atom is 0.293 e. The van der Waals surface area contributed by atoms with Crippen molar-refractivity contribution >= 4 is 46.5 Å². The zero-order chi connectivity index (χ0) is 23.5. The largest absolute Gasteiger partial charge is 0.490 e. The van der Waals surface area contributed by atoms with Crippen molar-refractivity contribution in [2.45, 2.75) is 13.5 Å². The Balaban J connectivity index is 1.54. The SMILES string of the molecule is CCOc1cc(/C=C2\SC(=O)N(Cc3cc4c(cc3Cl)OCO4)C2=O)ccc1OCC(N)=O. The highest BCUT2D eigenvalue weighted by Crippen LogP contribution is 2.40. The Labute approximate surface area is 198 Å². The summed E-state index contributed by atoms with van der Waals surface area (Å²) in [5.74, 6) is 0.714. The Morgan fingerprint density at radius 1 is 1.18 bits per heavy atom. The summed E-state index contributed by atoms with van der Waals surface area (Å²) in [6.07, 6.45) is 1.59. The predicted molar refractivity (Wildman–Crippen MR) is 121 cm³/mol. The summed E-state index contributed by atoms with van der Waals surface area (Å²) in [5.41, 5.74) is 6.31. The van der Waals surface area contributed by atoms with Gasteiger partial charge < -0.3 is 24.7 Å². The Bertz CT molecular complexity index is 1170. The molecule has 0 atom stereocenters. The Hall–Kier alpha value is -3.37. The van der Waals surface area contributed by atoms with Gasteiger partial charge in [-0.2, -0.15) is 0 Å². The number of fused-ring (bicyclic) bond motifs is 1. The number of nitrogens with two attached hydrogens (primary N) is 1. The van der Waals surface area contributed by atoms with Gasteiger partial charge in [0.1, 0.15) is 0 Å². The van der Waals surface area contributed by atoms with Gasteiger partial charge in [-0.05, 0) is 54.1 Å². The second-order valence-electron chi connectivity index (χ2n) is 6.96. The number of primary amides is 1. The van der Waals surface area contributed by atoms with Crippen LogP contribution in [-0.4, -0.2) is 42.0 Å². The molecule has 0 unspecified atom stereocenters. The topological polar surface area (TPSA) is 117 Å². The fraction of sp³-hybridized carbons (Fsp3) is 0.227. The van der Waals surface area contributed by atoms with E-state index >= 15 is 0 Å². The quantitative estimate of drug-likeness (QED) is 0.558. The molecule has 4 rings (SSSR count). The van der Waals surface area contributed by atoms with Crippen molar-refractivity contribution in [1.82, 2.24) is 4.90 Å². The van der Waals surface area contributed by atoms with Gasteiger partial charge in [-0.1, -0.05) is 17.7 Å². The van der Waals surface area contributed by atoms with Crippen molar-refractivity contribution < 1.29 is 33.3 Å². The first kappa shape index (κ1) is 22.8. The minimum Gasteiger partial charge on any atom is -0.490 e. The molecule has 1 saturated heterocycles. The summed E-state index contributed by atoms with van der Waals surface area (Å²) in [7, 11) is 0. The highest BCUT2D eigenvalue weighted by molar-refractivity contribution is 8.18. The molecule has 0 aliphatic carbocycles. The molecule has 0 aromatic heterocycles. The number of hydrogen-bond donors (Lipinski definition) is 1. The highest BCUT2D eigenvalue weighted by Gasteiger charge is 2.35. The molecule has 9 nitrogen and oxygen atoms in total. The van der Waals surface area contributed by atoms with E-state index in [4.69, 9.17) is 36.3 Å². The van der Waals surface area contributed by atoms with E-state index in [1.54, 1.807) is 43.3 Å². The molecule has 0 bridgehead atoms. The lowest BCUT2D eigenvalue weighted by atomic mass is 10.1. The Morgan fingerprint density at radius 2 is 1.94 bits per heavy atom. The van der Waals surface area contributed by atoms with Gasteiger partial charge in [-0.3, -0.25) is 19.3 Å². The first-order valence-corrected chi connectivity index (χ1v) is 11.1. The fourth-order valence-electron chi connectivity index (χ4n) is 3.19. The van der Waals surface area contributed by atoms with Crippen LogP contribution in [0.3, 0.4) is 0 Å². The molecule has 33 heavy (non-hydrogen) atoms. The summed E-state index contributed by atoms with van der Waals surface area (Å²) in [5, 5.41) is -0.0402. The summed E-state index contributed by atoms with van der Waals surface area (Å²) >= 11 is 7.13. The van der Waals surface area contributed by atoms with Crippen LogP contribution in [-0.2, 0) is 16.1 Å². The normalized spacial score (nSPS) is 15.9. The van der Waals surface area contributed by atoms with Crippen LogP contribution in [0.2, 0.25) is 5.02 Å². The number of thioether (sulfide) groups is 1. The number of hydrogen-bond acceptors (Lipinski definition) is 8. The Morgan fingerprint density at radius 3 is 2.67 bits per heavy atom. The van der Waals surface area contributed by atoms with E-state index in [0.29, 0.717) is 45.8 Å². The molecular formula is C22H19ClN2O7S. The van der Waals surface area contributed by atoms with Crippen LogP contribution in [0.4, 0.5) is 4.79 Å². The molecule has 172 valence electrons. The van der Waals surface area contributed by atoms with Gasteiger partial charge in [0.15, 0.2) is 29.6 Å². The number of imide groups is 1. The number of benzene rings is 2. The number of rotatable bonds is 8. The van der Waals surface area contributed by atoms with Crippen LogP contribution in [0.1, 0.15) is 18.1 Å². The summed E-state index contributed by atoms with van der Waals surface area (Å²) < 4.78 is 21.5. The number of carbonyl (C=O) groups is 3. The smallest absolute Gasteiger partial charge is 0.293 e. The average Bonchev–Trinajstić information content (AvgIpc) is 3.32. The minimum atomic E-state index is -0.613. The van der Waals surface area contributed by atoms with Crippen molar-refractivity contribution in [1.29, 1.82) is 0 Å². The lowest BCUT2D eigenvalue weighted by Gasteiger charge is -2.14. The van der Waals surface area contributed by atoms with E-state index in [1.165, 1.54) is 0 Å². The van der Waals surface area contributed by atoms with E-state index in [1.807, 2.05) is 0 Å². The molecule has 2 aromatic carbocycles. The van der Waals surface area contributed by atoms with Crippen molar-refractivity contribution in [3.63, 3.8) is 0 Å². The van der Waals surface area contributed by atoms with E-state index in [-0.39, 0.29) is 24.8 Å². The van der Waals surface area contributed by atoms with Gasteiger partial charge in [0.05, 0.1) is 18.1 Å². The van der Waals surface area contributed by atoms with Crippen LogP contribution < -0.4 is 24.7 Å². The maximum absolute atomic E-state index is 12.9. The molecule has 2 aliphatic rings. The third-order valence-electron chi connectivity index (χ3n) is 4.68. The van der Waals surface area contributed by atoms with Gasteiger partial charge in [-0.25, -0.2) is 0 Å². The first-order valence-electron chi connectivity index (χ1n) is 9.87. The molecule has 2 N–H and O–H groups in total. The predicted octanol–water partition coefficient (Wildman–Crippen LogP) is 3.57. The second kappa shape index (κ2) is 9.63. The lowest BCUT2D eigenvalue weighted by molar-refractivity contribution is -0.123. The van der Waals surface area contributed by atoms with Crippen LogP contribution in [0.5, 0.6) is 23.0 Å². The third-order valence-corrected chi connectivity index (χ3v) is 5.94. The van der Waals surface area contributed by atoms with Crippen molar-refractivity contribution in [3.8, 4) is 23.0 Å². The fourth-order valence-corrected chi connectivity index (χ4v) is 4.24. The number of ether oxygens (including phenoxy) is 4. The molecule has 0 spiro atoms. The highest BCUT2D eigenvalue weighted by atomic mass is 35.5. The number of halogens is 1. The molecule has 0 radical (unpaired) electrons. The average molecular weight is 491 g/mol. The van der Waals surface area contributed by atoms with Crippen LogP contribution >= 0.6 is 23.4 Å². The van der Waals surface area contributed by atoms with Crippen LogP contribution in [0, 0.1) is 0 Å². The van der Waals surface area contributed by atoms with Gasteiger partial charge in [0.25, 0.3) is 17.1 Å². The maximum atomic E-state index is 12.9. The zero-order valence-corrected chi connectivity index (χ0v) is 19.0. The first-order chi connectivity index (χ1) is 15.9. The summed E-state index contributed by atoms with van der Waals surface area (Å²) in [6, 6.07) is 8.21. The second-order valence-corrected chi connectivity index (χ2v) is 8.36.